The van der Waals surface area contributed by atoms with E-state index >= 15 is 0 Å². The molecule has 0 saturated heterocycles. The molecule has 1 atom stereocenters. The van der Waals surface area contributed by atoms with E-state index in [-0.39, 0.29) is 16.9 Å². The Bertz CT molecular complexity index is 334. The molecule has 5 nitrogen and oxygen atoms in total. The third-order valence-corrected chi connectivity index (χ3v) is 2.12. The van der Waals surface area contributed by atoms with Crippen molar-refractivity contribution >= 4 is 29.3 Å². The molecule has 1 rings (SSSR count). The number of carbonyl (C=O) groups excluding carboxylic acids is 1. The van der Waals surface area contributed by atoms with Crippen LogP contribution in [-0.2, 0) is 4.79 Å². The van der Waals surface area contributed by atoms with Gasteiger partial charge in [-0.3, -0.25) is 15.6 Å². The van der Waals surface area contributed by atoms with E-state index in [0.717, 1.165) is 5.70 Å². The molecule has 0 aromatic heterocycles. The first kappa shape index (κ1) is 10.6. The summed E-state index contributed by atoms with van der Waals surface area (Å²) in [5.74, 6) is -0.0576. The van der Waals surface area contributed by atoms with Crippen molar-refractivity contribution in [3.05, 3.63) is 11.8 Å². The highest BCUT2D eigenvalue weighted by atomic mass is 32.1. The van der Waals surface area contributed by atoms with Crippen LogP contribution in [-0.4, -0.2) is 34.8 Å². The predicted octanol–water partition coefficient (Wildman–Crippen LogP) is -1.11. The summed E-state index contributed by atoms with van der Waals surface area (Å²) in [6, 6.07) is 0.0922. The van der Waals surface area contributed by atoms with Gasteiger partial charge in [-0.2, -0.15) is 0 Å². The molecule has 0 spiro atoms. The van der Waals surface area contributed by atoms with Gasteiger partial charge in [0, 0.05) is 13.0 Å². The number of hydrogen-bond donors (Lipinski definition) is 3. The smallest absolute Gasteiger partial charge is 0.243 e. The van der Waals surface area contributed by atoms with Crippen molar-refractivity contribution in [3.63, 3.8) is 0 Å². The van der Waals surface area contributed by atoms with Gasteiger partial charge < -0.3 is 5.73 Å². The molecule has 0 aromatic carbocycles. The van der Waals surface area contributed by atoms with Crippen molar-refractivity contribution in [1.82, 2.24) is 10.9 Å². The van der Waals surface area contributed by atoms with Gasteiger partial charge in [-0.15, -0.1) is 0 Å². The lowest BCUT2D eigenvalue weighted by atomic mass is 10.1. The van der Waals surface area contributed by atoms with Crippen molar-refractivity contribution in [2.75, 3.05) is 7.05 Å². The number of likely N-dealkylation sites (N-methyl/N-ethyl adjacent to an activating group) is 1. The monoisotopic (exact) mass is 213 g/mol. The predicted molar refractivity (Wildman–Crippen MR) is 57.9 cm³/mol. The van der Waals surface area contributed by atoms with Crippen molar-refractivity contribution in [2.24, 2.45) is 5.73 Å². The van der Waals surface area contributed by atoms with Crippen LogP contribution in [0.15, 0.2) is 11.8 Å². The molecule has 6 heteroatoms. The summed E-state index contributed by atoms with van der Waals surface area (Å²) in [6.45, 7) is 1.96. The van der Waals surface area contributed by atoms with Crippen LogP contribution in [0.5, 0.6) is 0 Å². The number of nitrogens with two attached hydrogens (primary N) is 1. The zero-order valence-corrected chi connectivity index (χ0v) is 8.89. The molecule has 4 N–H and O–H groups in total. The fraction of sp³-hybridized carbons (Fsp3) is 0.375. The van der Waals surface area contributed by atoms with Gasteiger partial charge in [-0.25, -0.2) is 4.58 Å². The lowest BCUT2D eigenvalue weighted by Gasteiger charge is -2.17. The number of rotatable bonds is 2. The second-order valence-corrected chi connectivity index (χ2v) is 3.53. The Morgan fingerprint density at radius 2 is 2.36 bits per heavy atom. The molecule has 0 radical (unpaired) electrons. The second kappa shape index (κ2) is 4.19. The molecule has 1 heterocycles. The van der Waals surface area contributed by atoms with Crippen molar-refractivity contribution in [2.45, 2.75) is 13.0 Å². The van der Waals surface area contributed by atoms with Crippen molar-refractivity contribution in [1.29, 1.82) is 0 Å². The largest absolute Gasteiger partial charge is 0.375 e. The zero-order chi connectivity index (χ0) is 10.7. The average molecular weight is 213 g/mol. The molecule has 0 amide bonds. The van der Waals surface area contributed by atoms with E-state index in [1.54, 1.807) is 0 Å². The van der Waals surface area contributed by atoms with Crippen LogP contribution < -0.4 is 16.6 Å². The van der Waals surface area contributed by atoms with E-state index in [9.17, 15) is 4.79 Å². The maximum Gasteiger partial charge on any atom is 0.243 e. The van der Waals surface area contributed by atoms with Gasteiger partial charge in [0.05, 0.1) is 0 Å². The Hall–Kier alpha value is -1.43. The number of thiocarbonyl (C=S) groups is 1. The molecule has 0 saturated carbocycles. The van der Waals surface area contributed by atoms with Crippen LogP contribution in [0.1, 0.15) is 6.92 Å². The van der Waals surface area contributed by atoms with Crippen LogP contribution in [0, 0.1) is 0 Å². The van der Waals surface area contributed by atoms with Crippen molar-refractivity contribution < 1.29 is 9.37 Å². The standard InChI is InChI=1S/C8H12N4OS/c1-5-7(10-11-8(9)14)3-6(13)4-12(5)2/h3-5H,1-2H3,(H3,9,13,14)/p+1. The summed E-state index contributed by atoms with van der Waals surface area (Å²) < 4.78 is 1.81. The lowest BCUT2D eigenvalue weighted by molar-refractivity contribution is -0.520. The fourth-order valence-electron chi connectivity index (χ4n) is 1.12. The van der Waals surface area contributed by atoms with Crippen LogP contribution in [0.25, 0.3) is 0 Å². The van der Waals surface area contributed by atoms with Crippen molar-refractivity contribution in [3.8, 4) is 0 Å². The van der Waals surface area contributed by atoms with Gasteiger partial charge in [0.1, 0.15) is 12.7 Å². The Labute approximate surface area is 87.6 Å². The molecule has 1 aliphatic heterocycles. The van der Waals surface area contributed by atoms with Crippen LogP contribution >= 0.6 is 12.2 Å². The molecule has 0 bridgehead atoms. The Balaban J connectivity index is 2.69. The first-order chi connectivity index (χ1) is 6.50. The molecule has 1 aliphatic rings. The summed E-state index contributed by atoms with van der Waals surface area (Å²) in [4.78, 5) is 11.2. The summed E-state index contributed by atoms with van der Waals surface area (Å²) in [6.07, 6.45) is 3.05. The summed E-state index contributed by atoms with van der Waals surface area (Å²) in [7, 11) is 1.83. The second-order valence-electron chi connectivity index (χ2n) is 3.09. The maximum atomic E-state index is 11.2. The van der Waals surface area contributed by atoms with Crippen LogP contribution in [0.4, 0.5) is 0 Å². The Morgan fingerprint density at radius 1 is 1.71 bits per heavy atom. The van der Waals surface area contributed by atoms with Gasteiger partial charge in [0.2, 0.25) is 12.0 Å². The molecule has 0 aromatic rings. The number of allylic oxidation sites excluding steroid dienone is 1. The van der Waals surface area contributed by atoms with E-state index in [4.69, 9.17) is 5.73 Å². The number of nitrogens with zero attached hydrogens (tertiary/aromatic N) is 1. The van der Waals surface area contributed by atoms with E-state index in [0.29, 0.717) is 0 Å². The zero-order valence-electron chi connectivity index (χ0n) is 8.07. The molecule has 1 unspecified atom stereocenters. The highest BCUT2D eigenvalue weighted by Crippen LogP contribution is 2.04. The normalized spacial score (nSPS) is 21.0. The third kappa shape index (κ3) is 2.53. The van der Waals surface area contributed by atoms with Crippen LogP contribution in [0.3, 0.4) is 0 Å². The van der Waals surface area contributed by atoms with Gasteiger partial charge >= 0.3 is 0 Å². The number of ketones is 1. The molecule has 0 aliphatic carbocycles. The minimum absolute atomic E-state index is 0.0576. The highest BCUT2D eigenvalue weighted by Gasteiger charge is 2.23. The van der Waals surface area contributed by atoms with Gasteiger partial charge in [-0.05, 0) is 12.2 Å². The minimum Gasteiger partial charge on any atom is -0.375 e. The summed E-state index contributed by atoms with van der Waals surface area (Å²) >= 11 is 4.63. The quantitative estimate of drug-likeness (QED) is 0.308. The number of hydrazine groups is 1. The van der Waals surface area contributed by atoms with E-state index in [2.05, 4.69) is 23.1 Å². The molecular weight excluding hydrogens is 200 g/mol. The van der Waals surface area contributed by atoms with E-state index < -0.39 is 0 Å². The molecule has 14 heavy (non-hydrogen) atoms. The number of nitrogens with one attached hydrogen (secondary N) is 2. The lowest BCUT2D eigenvalue weighted by Crippen LogP contribution is -2.46. The highest BCUT2D eigenvalue weighted by molar-refractivity contribution is 7.80. The molecule has 76 valence electrons. The molecule has 0 fully saturated rings. The van der Waals surface area contributed by atoms with Gasteiger partial charge in [0.15, 0.2) is 11.2 Å². The Morgan fingerprint density at radius 3 is 2.93 bits per heavy atom. The third-order valence-electron chi connectivity index (χ3n) is 2.02. The average Bonchev–Trinajstić information content (AvgIpc) is 2.08. The minimum atomic E-state index is -0.0576. The van der Waals surface area contributed by atoms with Gasteiger partial charge in [-0.1, -0.05) is 0 Å². The number of carbonyl (C=O) groups is 1. The van der Waals surface area contributed by atoms with Gasteiger partial charge in [0.25, 0.3) is 0 Å². The van der Waals surface area contributed by atoms with Crippen LogP contribution in [0.2, 0.25) is 0 Å². The maximum absolute atomic E-state index is 11.2. The number of hydrogen-bond acceptors (Lipinski definition) is 3. The SMILES string of the molecule is CC1C(NNC(N)=S)=CC(=O)C=[N+]1C. The fourth-order valence-corrected chi connectivity index (χ4v) is 1.17. The first-order valence-electron chi connectivity index (χ1n) is 4.14. The topological polar surface area (TPSA) is 70.2 Å². The van der Waals surface area contributed by atoms with E-state index in [1.165, 1.54) is 12.3 Å². The first-order valence-corrected chi connectivity index (χ1v) is 4.55. The summed E-state index contributed by atoms with van der Waals surface area (Å²) in [5, 5.41) is 0.141. The molecular formula is C8H13N4OS+. The van der Waals surface area contributed by atoms with E-state index in [1.807, 2.05) is 18.5 Å². The Kier molecular flexibility index (Phi) is 3.19. The summed E-state index contributed by atoms with van der Waals surface area (Å²) in [5.41, 5.74) is 11.4.